The molecule has 0 aliphatic carbocycles. The molecule has 0 aliphatic rings. The molecule has 1 atom stereocenters. The lowest BCUT2D eigenvalue weighted by atomic mass is 9.87. The van der Waals surface area contributed by atoms with E-state index in [4.69, 9.17) is 5.73 Å². The van der Waals surface area contributed by atoms with Crippen LogP contribution in [-0.4, -0.2) is 30.1 Å². The lowest BCUT2D eigenvalue weighted by molar-refractivity contribution is 0.0822. The fourth-order valence-electron chi connectivity index (χ4n) is 2.52. The van der Waals surface area contributed by atoms with E-state index < -0.39 is 0 Å². The zero-order valence-corrected chi connectivity index (χ0v) is 11.9. The molecule has 0 aromatic heterocycles. The summed E-state index contributed by atoms with van der Waals surface area (Å²) in [6.07, 6.45) is 7.58. The van der Waals surface area contributed by atoms with E-state index in [2.05, 4.69) is 32.6 Å². The minimum absolute atomic E-state index is 0.264. The van der Waals surface area contributed by atoms with E-state index in [1.165, 1.54) is 45.1 Å². The first-order valence-electron chi connectivity index (χ1n) is 7.15. The van der Waals surface area contributed by atoms with Gasteiger partial charge in [0, 0.05) is 12.1 Å². The number of hydrogen-bond donors (Lipinski definition) is 1. The third-order valence-corrected chi connectivity index (χ3v) is 3.87. The van der Waals surface area contributed by atoms with Gasteiger partial charge in [-0.2, -0.15) is 0 Å². The molecule has 0 aliphatic heterocycles. The van der Waals surface area contributed by atoms with Crippen LogP contribution in [0.3, 0.4) is 0 Å². The van der Waals surface area contributed by atoms with Crippen molar-refractivity contribution in [3.8, 4) is 0 Å². The number of nitrogens with zero attached hydrogens (tertiary/aromatic N) is 1. The summed E-state index contributed by atoms with van der Waals surface area (Å²) >= 11 is 0. The molecular formula is C14H32N2. The first-order chi connectivity index (χ1) is 7.70. The third kappa shape index (κ3) is 4.42. The van der Waals surface area contributed by atoms with Crippen LogP contribution in [0.25, 0.3) is 0 Å². The highest BCUT2D eigenvalue weighted by atomic mass is 15.2. The van der Waals surface area contributed by atoms with Crippen molar-refractivity contribution in [2.75, 3.05) is 19.6 Å². The van der Waals surface area contributed by atoms with Gasteiger partial charge in [-0.3, -0.25) is 4.90 Å². The molecule has 98 valence electrons. The maximum Gasteiger partial charge on any atom is 0.0329 e. The van der Waals surface area contributed by atoms with E-state index in [-0.39, 0.29) is 5.54 Å². The van der Waals surface area contributed by atoms with Gasteiger partial charge in [0.25, 0.3) is 0 Å². The van der Waals surface area contributed by atoms with Crippen molar-refractivity contribution >= 4 is 0 Å². The van der Waals surface area contributed by atoms with Gasteiger partial charge >= 0.3 is 0 Å². The van der Waals surface area contributed by atoms with Crippen LogP contribution in [0.1, 0.15) is 66.2 Å². The van der Waals surface area contributed by atoms with E-state index >= 15 is 0 Å². The van der Waals surface area contributed by atoms with Crippen LogP contribution in [-0.2, 0) is 0 Å². The Kier molecular flexibility index (Phi) is 8.96. The van der Waals surface area contributed by atoms with Gasteiger partial charge in [-0.1, -0.05) is 47.0 Å². The van der Waals surface area contributed by atoms with E-state index in [9.17, 15) is 0 Å². The van der Waals surface area contributed by atoms with Crippen molar-refractivity contribution in [3.05, 3.63) is 0 Å². The summed E-state index contributed by atoms with van der Waals surface area (Å²) < 4.78 is 0. The number of unbranched alkanes of at least 4 members (excludes halogenated alkanes) is 2. The molecule has 0 aromatic carbocycles. The minimum Gasteiger partial charge on any atom is -0.329 e. The molecule has 0 aromatic rings. The standard InChI is InChI=1S/C14H32N2/c1-5-9-11-14(7-3,13-15)16(8-4)12-10-6-2/h5-13,15H2,1-4H3. The smallest absolute Gasteiger partial charge is 0.0329 e. The average molecular weight is 228 g/mol. The summed E-state index contributed by atoms with van der Waals surface area (Å²) in [5, 5.41) is 0. The van der Waals surface area contributed by atoms with Gasteiger partial charge in [-0.25, -0.2) is 0 Å². The van der Waals surface area contributed by atoms with Crippen LogP contribution in [0, 0.1) is 0 Å². The number of rotatable bonds is 10. The van der Waals surface area contributed by atoms with Crippen molar-refractivity contribution < 1.29 is 0 Å². The Morgan fingerprint density at radius 3 is 2.00 bits per heavy atom. The molecule has 0 rings (SSSR count). The maximum atomic E-state index is 6.07. The highest BCUT2D eigenvalue weighted by Crippen LogP contribution is 2.25. The SMILES string of the molecule is CCCCN(CC)C(CC)(CN)CCCC. The van der Waals surface area contributed by atoms with Crippen molar-refractivity contribution in [1.82, 2.24) is 4.90 Å². The number of likely N-dealkylation sites (N-methyl/N-ethyl adjacent to an activating group) is 1. The van der Waals surface area contributed by atoms with E-state index in [0.717, 1.165) is 13.1 Å². The Balaban J connectivity index is 4.53. The Bertz CT molecular complexity index is 153. The molecule has 2 heteroatoms. The van der Waals surface area contributed by atoms with Gasteiger partial charge in [-0.05, 0) is 32.4 Å². The summed E-state index contributed by atoms with van der Waals surface area (Å²) in [7, 11) is 0. The second-order valence-corrected chi connectivity index (χ2v) is 4.82. The summed E-state index contributed by atoms with van der Waals surface area (Å²) in [4.78, 5) is 2.62. The van der Waals surface area contributed by atoms with Crippen molar-refractivity contribution in [2.24, 2.45) is 5.73 Å². The van der Waals surface area contributed by atoms with E-state index in [0.29, 0.717) is 0 Å². The fourth-order valence-corrected chi connectivity index (χ4v) is 2.52. The lowest BCUT2D eigenvalue weighted by Gasteiger charge is -2.43. The molecule has 0 amide bonds. The highest BCUT2D eigenvalue weighted by molar-refractivity contribution is 4.90. The van der Waals surface area contributed by atoms with E-state index in [1.54, 1.807) is 0 Å². The molecule has 0 saturated heterocycles. The predicted octanol–water partition coefficient (Wildman–Crippen LogP) is 3.41. The zero-order valence-electron chi connectivity index (χ0n) is 11.9. The molecule has 16 heavy (non-hydrogen) atoms. The van der Waals surface area contributed by atoms with Crippen LogP contribution >= 0.6 is 0 Å². The molecule has 2 N–H and O–H groups in total. The van der Waals surface area contributed by atoms with Gasteiger partial charge in [0.1, 0.15) is 0 Å². The molecule has 0 saturated carbocycles. The second-order valence-electron chi connectivity index (χ2n) is 4.82. The van der Waals surface area contributed by atoms with Gasteiger partial charge in [-0.15, -0.1) is 0 Å². The van der Waals surface area contributed by atoms with Crippen LogP contribution in [0.15, 0.2) is 0 Å². The summed E-state index contributed by atoms with van der Waals surface area (Å²) in [6.45, 7) is 12.2. The van der Waals surface area contributed by atoms with Gasteiger partial charge in [0.15, 0.2) is 0 Å². The van der Waals surface area contributed by atoms with Crippen LogP contribution in [0.4, 0.5) is 0 Å². The van der Waals surface area contributed by atoms with Crippen molar-refractivity contribution in [1.29, 1.82) is 0 Å². The molecular weight excluding hydrogens is 196 g/mol. The summed E-state index contributed by atoms with van der Waals surface area (Å²) in [5.41, 5.74) is 6.33. The second kappa shape index (κ2) is 9.00. The largest absolute Gasteiger partial charge is 0.329 e. The van der Waals surface area contributed by atoms with E-state index in [1.807, 2.05) is 0 Å². The monoisotopic (exact) mass is 228 g/mol. The molecule has 0 fully saturated rings. The Morgan fingerprint density at radius 2 is 1.62 bits per heavy atom. The first kappa shape index (κ1) is 15.9. The average Bonchev–Trinajstić information content (AvgIpc) is 2.34. The fraction of sp³-hybridized carbons (Fsp3) is 1.00. The molecule has 2 nitrogen and oxygen atoms in total. The lowest BCUT2D eigenvalue weighted by Crippen LogP contribution is -2.53. The zero-order chi connectivity index (χ0) is 12.4. The minimum atomic E-state index is 0.264. The molecule has 1 unspecified atom stereocenters. The normalized spacial score (nSPS) is 15.4. The third-order valence-electron chi connectivity index (χ3n) is 3.87. The molecule has 0 heterocycles. The van der Waals surface area contributed by atoms with Crippen LogP contribution in [0.2, 0.25) is 0 Å². The Hall–Kier alpha value is -0.0800. The van der Waals surface area contributed by atoms with Crippen LogP contribution < -0.4 is 5.73 Å². The molecule has 0 radical (unpaired) electrons. The highest BCUT2D eigenvalue weighted by Gasteiger charge is 2.31. The summed E-state index contributed by atoms with van der Waals surface area (Å²) in [6, 6.07) is 0. The Morgan fingerprint density at radius 1 is 1.00 bits per heavy atom. The van der Waals surface area contributed by atoms with Gasteiger partial charge in [0.2, 0.25) is 0 Å². The quantitative estimate of drug-likeness (QED) is 0.621. The molecule has 0 bridgehead atoms. The number of nitrogens with two attached hydrogens (primary N) is 1. The van der Waals surface area contributed by atoms with Crippen molar-refractivity contribution in [3.63, 3.8) is 0 Å². The van der Waals surface area contributed by atoms with Gasteiger partial charge in [0.05, 0.1) is 0 Å². The molecule has 0 spiro atoms. The van der Waals surface area contributed by atoms with Crippen molar-refractivity contribution in [2.45, 2.75) is 71.8 Å². The topological polar surface area (TPSA) is 29.3 Å². The maximum absolute atomic E-state index is 6.07. The van der Waals surface area contributed by atoms with Gasteiger partial charge < -0.3 is 5.73 Å². The predicted molar refractivity (Wildman–Crippen MR) is 73.8 cm³/mol. The summed E-state index contributed by atoms with van der Waals surface area (Å²) in [5.74, 6) is 0. The number of hydrogen-bond acceptors (Lipinski definition) is 2. The first-order valence-corrected chi connectivity index (χ1v) is 7.15. The Labute approximate surface area is 103 Å². The van der Waals surface area contributed by atoms with Crippen LogP contribution in [0.5, 0.6) is 0 Å².